The highest BCUT2D eigenvalue weighted by atomic mass is 79.9. The van der Waals surface area contributed by atoms with Crippen molar-refractivity contribution in [2.24, 2.45) is 5.73 Å². The molecule has 98 valence electrons. The van der Waals surface area contributed by atoms with E-state index in [9.17, 15) is 4.79 Å². The molecule has 0 aliphatic carbocycles. The van der Waals surface area contributed by atoms with Gasteiger partial charge in [-0.1, -0.05) is 0 Å². The summed E-state index contributed by atoms with van der Waals surface area (Å²) in [6, 6.07) is 3.24. The molecule has 0 fully saturated rings. The van der Waals surface area contributed by atoms with Gasteiger partial charge in [0, 0.05) is 18.3 Å². The number of amides is 1. The lowest BCUT2D eigenvalue weighted by atomic mass is 10.2. The Labute approximate surface area is 126 Å². The van der Waals surface area contributed by atoms with Crippen molar-refractivity contribution in [3.63, 3.8) is 0 Å². The molecule has 0 saturated heterocycles. The van der Waals surface area contributed by atoms with Crippen molar-refractivity contribution < 1.29 is 4.79 Å². The average Bonchev–Trinajstić information content (AvgIpc) is 2.42. The molecule has 2 aromatic heterocycles. The van der Waals surface area contributed by atoms with Gasteiger partial charge < -0.3 is 11.1 Å². The average molecular weight is 387 g/mol. The number of aromatic nitrogens is 3. The number of nitrogens with zero attached hydrogens (tertiary/aromatic N) is 3. The van der Waals surface area contributed by atoms with Gasteiger partial charge in [0.05, 0.1) is 11.9 Å². The van der Waals surface area contributed by atoms with Crippen molar-refractivity contribution in [3.8, 4) is 0 Å². The van der Waals surface area contributed by atoms with E-state index in [-0.39, 0.29) is 12.5 Å². The van der Waals surface area contributed by atoms with E-state index in [1.807, 2.05) is 0 Å². The lowest BCUT2D eigenvalue weighted by Crippen LogP contribution is -2.15. The molecule has 0 atom stereocenters. The Kier molecular flexibility index (Phi) is 4.56. The Balaban J connectivity index is 2.20. The van der Waals surface area contributed by atoms with Crippen molar-refractivity contribution in [3.05, 3.63) is 45.0 Å². The molecule has 6 nitrogen and oxygen atoms in total. The number of nitrogens with one attached hydrogen (secondary N) is 1. The summed E-state index contributed by atoms with van der Waals surface area (Å²) >= 11 is 6.41. The van der Waals surface area contributed by atoms with Gasteiger partial charge in [0.2, 0.25) is 0 Å². The maximum atomic E-state index is 12.0. The van der Waals surface area contributed by atoms with Gasteiger partial charge in [-0.15, -0.1) is 0 Å². The summed E-state index contributed by atoms with van der Waals surface area (Å²) in [4.78, 5) is 24.2. The molecule has 2 aromatic rings. The first kappa shape index (κ1) is 14.0. The number of carbonyl (C=O) groups excluding carboxylic acids is 1. The summed E-state index contributed by atoms with van der Waals surface area (Å²) in [5.74, 6) is 0.0498. The van der Waals surface area contributed by atoms with E-state index in [0.717, 1.165) is 0 Å². The SMILES string of the molecule is NCc1cc(C(=O)Nc2ncc(Br)nc2Br)ccn1. The van der Waals surface area contributed by atoms with Gasteiger partial charge in [-0.3, -0.25) is 9.78 Å². The van der Waals surface area contributed by atoms with Crippen LogP contribution in [0.25, 0.3) is 0 Å². The van der Waals surface area contributed by atoms with Crippen LogP contribution in [0.2, 0.25) is 0 Å². The minimum atomic E-state index is -0.297. The largest absolute Gasteiger partial charge is 0.325 e. The summed E-state index contributed by atoms with van der Waals surface area (Å²) in [6.07, 6.45) is 3.04. The Morgan fingerprint density at radius 2 is 2.16 bits per heavy atom. The van der Waals surface area contributed by atoms with E-state index in [4.69, 9.17) is 5.73 Å². The Morgan fingerprint density at radius 3 is 2.84 bits per heavy atom. The summed E-state index contributed by atoms with van der Waals surface area (Å²) in [5.41, 5.74) is 6.59. The van der Waals surface area contributed by atoms with Crippen molar-refractivity contribution >= 4 is 43.6 Å². The topological polar surface area (TPSA) is 93.8 Å². The van der Waals surface area contributed by atoms with Crippen LogP contribution in [0.1, 0.15) is 16.1 Å². The van der Waals surface area contributed by atoms with Crippen LogP contribution < -0.4 is 11.1 Å². The smallest absolute Gasteiger partial charge is 0.257 e. The lowest BCUT2D eigenvalue weighted by Gasteiger charge is -2.06. The zero-order chi connectivity index (χ0) is 13.8. The molecule has 0 aliphatic rings. The first-order chi connectivity index (χ1) is 9.10. The highest BCUT2D eigenvalue weighted by Gasteiger charge is 2.11. The van der Waals surface area contributed by atoms with Crippen LogP contribution in [0.4, 0.5) is 5.82 Å². The fourth-order valence-corrected chi connectivity index (χ4v) is 2.25. The van der Waals surface area contributed by atoms with Gasteiger partial charge in [-0.05, 0) is 44.0 Å². The maximum Gasteiger partial charge on any atom is 0.257 e. The number of anilines is 1. The van der Waals surface area contributed by atoms with Gasteiger partial charge in [0.1, 0.15) is 9.21 Å². The number of hydrogen-bond donors (Lipinski definition) is 2. The lowest BCUT2D eigenvalue weighted by molar-refractivity contribution is 0.102. The summed E-state index contributed by atoms with van der Waals surface area (Å²) in [7, 11) is 0. The quantitative estimate of drug-likeness (QED) is 0.842. The molecule has 0 aromatic carbocycles. The van der Waals surface area contributed by atoms with Crippen LogP contribution in [0.15, 0.2) is 33.7 Å². The molecular formula is C11H9Br2N5O. The molecule has 1 amide bonds. The number of hydrogen-bond acceptors (Lipinski definition) is 5. The second kappa shape index (κ2) is 6.18. The molecule has 8 heteroatoms. The van der Waals surface area contributed by atoms with E-state index in [1.54, 1.807) is 18.3 Å². The number of nitrogens with two attached hydrogens (primary N) is 1. The minimum Gasteiger partial charge on any atom is -0.325 e. The molecule has 0 unspecified atom stereocenters. The van der Waals surface area contributed by atoms with Crippen LogP contribution in [0.5, 0.6) is 0 Å². The molecule has 2 heterocycles. The van der Waals surface area contributed by atoms with Gasteiger partial charge in [0.25, 0.3) is 5.91 Å². The van der Waals surface area contributed by atoms with Crippen molar-refractivity contribution in [2.75, 3.05) is 5.32 Å². The third kappa shape index (κ3) is 3.55. The van der Waals surface area contributed by atoms with E-state index < -0.39 is 0 Å². The van der Waals surface area contributed by atoms with Crippen molar-refractivity contribution in [2.45, 2.75) is 6.54 Å². The predicted octanol–water partition coefficient (Wildman–Crippen LogP) is 2.11. The van der Waals surface area contributed by atoms with Gasteiger partial charge in [0.15, 0.2) is 5.82 Å². The molecule has 0 radical (unpaired) electrons. The monoisotopic (exact) mass is 385 g/mol. The van der Waals surface area contributed by atoms with E-state index in [1.165, 1.54) is 6.20 Å². The van der Waals surface area contributed by atoms with E-state index in [0.29, 0.717) is 26.3 Å². The fourth-order valence-electron chi connectivity index (χ4n) is 1.34. The summed E-state index contributed by atoms with van der Waals surface area (Å²) < 4.78 is 1.02. The van der Waals surface area contributed by atoms with Crippen LogP contribution in [-0.2, 0) is 6.54 Å². The summed E-state index contributed by atoms with van der Waals surface area (Å²) in [6.45, 7) is 0.281. The number of carbonyl (C=O) groups is 1. The number of rotatable bonds is 3. The standard InChI is InChI=1S/C11H9Br2N5O/c12-8-5-16-10(9(13)17-8)18-11(19)6-1-2-15-7(3-6)4-14/h1-3,5H,4,14H2,(H,16,18,19). The maximum absolute atomic E-state index is 12.0. The van der Waals surface area contributed by atoms with Crippen molar-refractivity contribution in [1.82, 2.24) is 15.0 Å². The van der Waals surface area contributed by atoms with E-state index >= 15 is 0 Å². The first-order valence-electron chi connectivity index (χ1n) is 5.24. The van der Waals surface area contributed by atoms with Crippen LogP contribution in [-0.4, -0.2) is 20.9 Å². The Bertz CT molecular complexity index is 620. The highest BCUT2D eigenvalue weighted by molar-refractivity contribution is 9.11. The summed E-state index contributed by atoms with van der Waals surface area (Å²) in [5, 5.41) is 2.66. The highest BCUT2D eigenvalue weighted by Crippen LogP contribution is 2.20. The minimum absolute atomic E-state index is 0.281. The second-order valence-electron chi connectivity index (χ2n) is 3.53. The van der Waals surface area contributed by atoms with Crippen LogP contribution in [0, 0.1) is 0 Å². The zero-order valence-corrected chi connectivity index (χ0v) is 12.8. The van der Waals surface area contributed by atoms with Crippen LogP contribution >= 0.6 is 31.9 Å². The molecule has 3 N–H and O–H groups in total. The normalized spacial score (nSPS) is 10.3. The van der Waals surface area contributed by atoms with Crippen LogP contribution in [0.3, 0.4) is 0 Å². The number of pyridine rings is 1. The zero-order valence-electron chi connectivity index (χ0n) is 9.60. The Morgan fingerprint density at radius 1 is 1.37 bits per heavy atom. The molecule has 0 saturated carbocycles. The molecule has 0 aliphatic heterocycles. The number of halogens is 2. The molecule has 0 spiro atoms. The van der Waals surface area contributed by atoms with Gasteiger partial charge >= 0.3 is 0 Å². The first-order valence-corrected chi connectivity index (χ1v) is 6.83. The third-order valence-electron chi connectivity index (χ3n) is 2.22. The van der Waals surface area contributed by atoms with Crippen molar-refractivity contribution in [1.29, 1.82) is 0 Å². The molecule has 2 rings (SSSR count). The van der Waals surface area contributed by atoms with E-state index in [2.05, 4.69) is 52.1 Å². The van der Waals surface area contributed by atoms with Gasteiger partial charge in [-0.2, -0.15) is 0 Å². The predicted molar refractivity (Wildman–Crippen MR) is 77.5 cm³/mol. The van der Waals surface area contributed by atoms with Gasteiger partial charge in [-0.25, -0.2) is 9.97 Å². The second-order valence-corrected chi connectivity index (χ2v) is 5.09. The fraction of sp³-hybridized carbons (Fsp3) is 0.0909. The Hall–Kier alpha value is -1.38. The molecule has 0 bridgehead atoms. The molecular weight excluding hydrogens is 378 g/mol. The molecule has 19 heavy (non-hydrogen) atoms. The third-order valence-corrected chi connectivity index (χ3v) is 3.16.